The molecule has 0 bridgehead atoms. The Hall–Kier alpha value is -0.940. The lowest BCUT2D eigenvalue weighted by molar-refractivity contribution is -0.121. The van der Waals surface area contributed by atoms with Crippen LogP contribution in [0, 0.1) is 5.92 Å². The van der Waals surface area contributed by atoms with Crippen molar-refractivity contribution in [2.75, 3.05) is 13.1 Å². The lowest BCUT2D eigenvalue weighted by Gasteiger charge is -2.23. The van der Waals surface area contributed by atoms with E-state index in [-0.39, 0.29) is 5.91 Å². The number of nitrogens with zero attached hydrogens (tertiary/aromatic N) is 2. The average molecular weight is 321 g/mol. The maximum absolute atomic E-state index is 12.3. The number of rotatable bonds is 6. The summed E-state index contributed by atoms with van der Waals surface area (Å²) in [5.74, 6) is 0.746. The largest absolute Gasteiger partial charge is 0.351 e. The van der Waals surface area contributed by atoms with E-state index in [1.807, 2.05) is 5.38 Å². The van der Waals surface area contributed by atoms with Crippen molar-refractivity contribution in [1.82, 2.24) is 15.2 Å². The number of thiazole rings is 1. The summed E-state index contributed by atoms with van der Waals surface area (Å²) in [5.41, 5.74) is 2.68. The molecule has 3 rings (SSSR count). The molecule has 2 atom stereocenters. The number of aromatic nitrogens is 1. The third-order valence-electron chi connectivity index (χ3n) is 5.14. The van der Waals surface area contributed by atoms with Crippen molar-refractivity contribution in [3.05, 3.63) is 16.6 Å². The van der Waals surface area contributed by atoms with Crippen LogP contribution in [0.4, 0.5) is 0 Å². The fourth-order valence-electron chi connectivity index (χ4n) is 4.05. The Bertz CT molecular complexity index is 470. The third kappa shape index (κ3) is 3.87. The molecule has 122 valence electrons. The number of likely N-dealkylation sites (tertiary alicyclic amines) is 1. The van der Waals surface area contributed by atoms with Gasteiger partial charge in [0.1, 0.15) is 0 Å². The van der Waals surface area contributed by atoms with Gasteiger partial charge in [-0.05, 0) is 25.2 Å². The van der Waals surface area contributed by atoms with Crippen molar-refractivity contribution < 1.29 is 4.79 Å². The summed E-state index contributed by atoms with van der Waals surface area (Å²) in [6.07, 6.45) is 8.27. The molecule has 2 fully saturated rings. The molecule has 0 spiro atoms. The van der Waals surface area contributed by atoms with Crippen LogP contribution in [0.15, 0.2) is 10.9 Å². The van der Waals surface area contributed by atoms with Crippen LogP contribution in [0.1, 0.15) is 51.1 Å². The minimum absolute atomic E-state index is 0.130. The molecule has 1 aromatic heterocycles. The predicted molar refractivity (Wildman–Crippen MR) is 90.0 cm³/mol. The molecular formula is C17H27N3OS. The van der Waals surface area contributed by atoms with E-state index in [4.69, 9.17) is 0 Å². The molecule has 1 N–H and O–H groups in total. The smallest absolute Gasteiger partial charge is 0.226 e. The van der Waals surface area contributed by atoms with Crippen molar-refractivity contribution in [2.45, 2.75) is 64.0 Å². The highest BCUT2D eigenvalue weighted by Gasteiger charge is 2.37. The zero-order valence-electron chi connectivity index (χ0n) is 13.5. The molecule has 0 radical (unpaired) electrons. The Morgan fingerprint density at radius 2 is 2.23 bits per heavy atom. The second-order valence-electron chi connectivity index (χ2n) is 6.77. The highest BCUT2D eigenvalue weighted by Crippen LogP contribution is 2.30. The minimum atomic E-state index is 0.130. The first-order valence-electron chi connectivity index (χ1n) is 8.66. The minimum Gasteiger partial charge on any atom is -0.351 e. The van der Waals surface area contributed by atoms with E-state index in [1.165, 1.54) is 45.1 Å². The Kier molecular flexibility index (Phi) is 5.47. The molecule has 22 heavy (non-hydrogen) atoms. The van der Waals surface area contributed by atoms with Gasteiger partial charge in [0.2, 0.25) is 5.91 Å². The number of carbonyl (C=O) groups excluding carboxylic acids is 1. The molecule has 5 heteroatoms. The molecule has 2 heterocycles. The number of hydrogen-bond acceptors (Lipinski definition) is 4. The molecule has 0 aromatic carbocycles. The topological polar surface area (TPSA) is 45.2 Å². The Morgan fingerprint density at radius 1 is 1.41 bits per heavy atom. The average Bonchev–Trinajstić information content (AvgIpc) is 3.21. The van der Waals surface area contributed by atoms with E-state index in [1.54, 1.807) is 16.8 Å². The molecular weight excluding hydrogens is 294 g/mol. The van der Waals surface area contributed by atoms with Crippen LogP contribution in [0.3, 0.4) is 0 Å². The van der Waals surface area contributed by atoms with Gasteiger partial charge in [0.25, 0.3) is 0 Å². The van der Waals surface area contributed by atoms with E-state index >= 15 is 0 Å². The monoisotopic (exact) mass is 321 g/mol. The van der Waals surface area contributed by atoms with Crippen molar-refractivity contribution >= 4 is 17.2 Å². The fourth-order valence-corrected chi connectivity index (χ4v) is 4.60. The first kappa shape index (κ1) is 15.9. The van der Waals surface area contributed by atoms with Gasteiger partial charge in [-0.2, -0.15) is 0 Å². The second kappa shape index (κ2) is 7.55. The van der Waals surface area contributed by atoms with Gasteiger partial charge in [-0.15, -0.1) is 11.3 Å². The quantitative estimate of drug-likeness (QED) is 0.876. The second-order valence-corrected chi connectivity index (χ2v) is 7.49. The first-order valence-corrected chi connectivity index (χ1v) is 9.61. The normalized spacial score (nSPS) is 26.6. The molecule has 1 aromatic rings. The van der Waals surface area contributed by atoms with Crippen LogP contribution in [0.5, 0.6) is 0 Å². The molecule has 4 nitrogen and oxygen atoms in total. The molecule has 1 aliphatic heterocycles. The molecule has 0 unspecified atom stereocenters. The summed E-state index contributed by atoms with van der Waals surface area (Å²) in [6, 6.07) is 1.09. The Labute approximate surface area is 137 Å². The summed E-state index contributed by atoms with van der Waals surface area (Å²) in [6.45, 7) is 4.45. The van der Waals surface area contributed by atoms with Crippen LogP contribution in [0.25, 0.3) is 0 Å². The summed E-state index contributed by atoms with van der Waals surface area (Å²) in [4.78, 5) is 19.1. The van der Waals surface area contributed by atoms with Crippen LogP contribution in [-0.2, 0) is 11.2 Å². The maximum atomic E-state index is 12.3. The molecule has 1 saturated carbocycles. The van der Waals surface area contributed by atoms with Gasteiger partial charge in [0, 0.05) is 30.6 Å². The molecule has 1 aliphatic carbocycles. The van der Waals surface area contributed by atoms with Gasteiger partial charge in [-0.1, -0.05) is 26.2 Å². The molecule has 1 amide bonds. The molecule has 2 aliphatic rings. The van der Waals surface area contributed by atoms with Gasteiger partial charge in [0.15, 0.2) is 0 Å². The van der Waals surface area contributed by atoms with E-state index in [2.05, 4.69) is 22.1 Å². The van der Waals surface area contributed by atoms with E-state index in [0.717, 1.165) is 18.3 Å². The highest BCUT2D eigenvalue weighted by atomic mass is 32.1. The summed E-state index contributed by atoms with van der Waals surface area (Å²) in [5, 5.41) is 5.25. The van der Waals surface area contributed by atoms with Crippen molar-refractivity contribution in [2.24, 2.45) is 5.92 Å². The summed E-state index contributed by atoms with van der Waals surface area (Å²) >= 11 is 1.55. The summed E-state index contributed by atoms with van der Waals surface area (Å²) in [7, 11) is 0. The van der Waals surface area contributed by atoms with E-state index in [9.17, 15) is 4.79 Å². The zero-order valence-corrected chi connectivity index (χ0v) is 14.3. The number of hydrogen-bond donors (Lipinski definition) is 1. The number of nitrogens with one attached hydrogen (secondary N) is 1. The Balaban J connectivity index is 1.56. The third-order valence-corrected chi connectivity index (χ3v) is 5.78. The van der Waals surface area contributed by atoms with Gasteiger partial charge >= 0.3 is 0 Å². The van der Waals surface area contributed by atoms with Gasteiger partial charge in [0.05, 0.1) is 17.6 Å². The number of amides is 1. The van der Waals surface area contributed by atoms with Gasteiger partial charge in [-0.3, -0.25) is 9.69 Å². The predicted octanol–water partition coefficient (Wildman–Crippen LogP) is 2.84. The molecule has 1 saturated heterocycles. The highest BCUT2D eigenvalue weighted by molar-refractivity contribution is 7.07. The first-order chi connectivity index (χ1) is 10.8. The van der Waals surface area contributed by atoms with Crippen molar-refractivity contribution in [1.29, 1.82) is 0 Å². The SMILES string of the molecule is CCC[C@@H]1CN(C2CCCC2)C[C@H]1NC(=O)Cc1cscn1. The van der Waals surface area contributed by atoms with Crippen LogP contribution < -0.4 is 5.32 Å². The van der Waals surface area contributed by atoms with E-state index < -0.39 is 0 Å². The lowest BCUT2D eigenvalue weighted by Crippen LogP contribution is -2.42. The lowest BCUT2D eigenvalue weighted by atomic mass is 9.98. The van der Waals surface area contributed by atoms with Crippen molar-refractivity contribution in [3.8, 4) is 0 Å². The van der Waals surface area contributed by atoms with Crippen LogP contribution in [-0.4, -0.2) is 41.0 Å². The zero-order chi connectivity index (χ0) is 15.4. The fraction of sp³-hybridized carbons (Fsp3) is 0.765. The van der Waals surface area contributed by atoms with Gasteiger partial charge < -0.3 is 5.32 Å². The van der Waals surface area contributed by atoms with E-state index in [0.29, 0.717) is 18.4 Å². The van der Waals surface area contributed by atoms with Gasteiger partial charge in [-0.25, -0.2) is 4.98 Å². The van der Waals surface area contributed by atoms with Crippen LogP contribution in [0.2, 0.25) is 0 Å². The standard InChI is InChI=1S/C17H27N3OS/c1-2-5-13-9-20(15-6-3-4-7-15)10-16(13)19-17(21)8-14-11-22-12-18-14/h11-13,15-16H,2-10H2,1H3,(H,19,21)/t13-,16-/m1/s1. The van der Waals surface area contributed by atoms with Crippen molar-refractivity contribution in [3.63, 3.8) is 0 Å². The number of carbonyl (C=O) groups is 1. The Morgan fingerprint density at radius 3 is 2.91 bits per heavy atom. The maximum Gasteiger partial charge on any atom is 0.226 e. The van der Waals surface area contributed by atoms with Crippen LogP contribution >= 0.6 is 11.3 Å². The summed E-state index contributed by atoms with van der Waals surface area (Å²) < 4.78 is 0.